The van der Waals surface area contributed by atoms with Crippen LogP contribution in [0.4, 0.5) is 4.79 Å². The number of hydrogen-bond donors (Lipinski definition) is 0. The quantitative estimate of drug-likeness (QED) is 0.854. The average molecular weight is 337 g/mol. The molecule has 0 unspecified atom stereocenters. The third kappa shape index (κ3) is 3.42. The number of carbonyl (C=O) groups is 1. The number of benzene rings is 1. The number of amides is 2. The molecule has 0 spiro atoms. The molecule has 2 amide bonds. The van der Waals surface area contributed by atoms with Crippen LogP contribution in [0.3, 0.4) is 0 Å². The second kappa shape index (κ2) is 6.13. The smallest absolute Gasteiger partial charge is 0.319 e. The second-order valence-electron chi connectivity index (χ2n) is 4.81. The molecule has 0 saturated heterocycles. The lowest BCUT2D eigenvalue weighted by Crippen LogP contribution is -2.35. The van der Waals surface area contributed by atoms with Crippen molar-refractivity contribution in [1.29, 1.82) is 0 Å². The summed E-state index contributed by atoms with van der Waals surface area (Å²) >= 11 is 3.41. The van der Waals surface area contributed by atoms with Crippen LogP contribution in [-0.2, 0) is 6.54 Å². The molecule has 0 saturated carbocycles. The molecule has 20 heavy (non-hydrogen) atoms. The molecule has 0 N–H and O–H groups in total. The Morgan fingerprint density at radius 2 is 1.75 bits per heavy atom. The van der Waals surface area contributed by atoms with Crippen LogP contribution in [0.5, 0.6) is 0 Å². The summed E-state index contributed by atoms with van der Waals surface area (Å²) in [6.07, 6.45) is 0. The molecule has 4 nitrogen and oxygen atoms in total. The number of hydrogen-bond acceptors (Lipinski definition) is 2. The molecule has 5 heteroatoms. The van der Waals surface area contributed by atoms with Gasteiger partial charge >= 0.3 is 6.03 Å². The summed E-state index contributed by atoms with van der Waals surface area (Å²) in [5.41, 5.74) is 1.01. The number of urea groups is 1. The first-order valence-corrected chi connectivity index (χ1v) is 7.04. The van der Waals surface area contributed by atoms with E-state index < -0.39 is 0 Å². The first kappa shape index (κ1) is 14.7. The van der Waals surface area contributed by atoms with Crippen molar-refractivity contribution < 1.29 is 9.21 Å². The van der Waals surface area contributed by atoms with E-state index in [1.165, 1.54) is 0 Å². The zero-order chi connectivity index (χ0) is 14.7. The molecule has 106 valence electrons. The topological polar surface area (TPSA) is 36.7 Å². The highest BCUT2D eigenvalue weighted by atomic mass is 79.9. The minimum Gasteiger partial charge on any atom is -0.459 e. The lowest BCUT2D eigenvalue weighted by Gasteiger charge is -2.20. The zero-order valence-electron chi connectivity index (χ0n) is 11.8. The lowest BCUT2D eigenvalue weighted by molar-refractivity contribution is 0.176. The second-order valence-corrected chi connectivity index (χ2v) is 5.72. The Labute approximate surface area is 127 Å². The maximum absolute atomic E-state index is 11.8. The van der Waals surface area contributed by atoms with Crippen molar-refractivity contribution in [2.75, 3.05) is 21.1 Å². The molecule has 2 rings (SSSR count). The van der Waals surface area contributed by atoms with Gasteiger partial charge in [0.25, 0.3) is 0 Å². The van der Waals surface area contributed by atoms with E-state index in [2.05, 4.69) is 15.9 Å². The highest BCUT2D eigenvalue weighted by Crippen LogP contribution is 2.24. The molecule has 0 aliphatic carbocycles. The standard InChI is InChI=1S/C15H17BrN2O2/c1-17(2)15(19)18(3)10-13-8-9-14(20-13)11-4-6-12(16)7-5-11/h4-9H,10H2,1-3H3. The molecule has 1 heterocycles. The predicted octanol–water partition coefficient (Wildman–Crippen LogP) is 3.82. The summed E-state index contributed by atoms with van der Waals surface area (Å²) in [7, 11) is 5.21. The monoisotopic (exact) mass is 336 g/mol. The minimum absolute atomic E-state index is 0.0495. The largest absolute Gasteiger partial charge is 0.459 e. The van der Waals surface area contributed by atoms with Crippen LogP contribution >= 0.6 is 15.9 Å². The summed E-state index contributed by atoms with van der Waals surface area (Å²) in [5, 5.41) is 0. The molecule has 0 fully saturated rings. The summed E-state index contributed by atoms with van der Waals surface area (Å²) < 4.78 is 6.81. The maximum Gasteiger partial charge on any atom is 0.319 e. The van der Waals surface area contributed by atoms with Gasteiger partial charge in [0.15, 0.2) is 0 Å². The molecule has 1 aromatic carbocycles. The van der Waals surface area contributed by atoms with E-state index in [1.54, 1.807) is 30.9 Å². The number of halogens is 1. The molecule has 0 bridgehead atoms. The number of rotatable bonds is 3. The van der Waals surface area contributed by atoms with Gasteiger partial charge in [0.05, 0.1) is 6.54 Å². The van der Waals surface area contributed by atoms with Crippen LogP contribution in [0, 0.1) is 0 Å². The number of nitrogens with zero attached hydrogens (tertiary/aromatic N) is 2. The highest BCUT2D eigenvalue weighted by Gasteiger charge is 2.13. The summed E-state index contributed by atoms with van der Waals surface area (Å²) in [6, 6.07) is 11.7. The van der Waals surface area contributed by atoms with E-state index in [-0.39, 0.29) is 6.03 Å². The van der Waals surface area contributed by atoms with Gasteiger partial charge in [0.1, 0.15) is 11.5 Å². The highest BCUT2D eigenvalue weighted by molar-refractivity contribution is 9.10. The number of furan rings is 1. The molecule has 1 aromatic heterocycles. The van der Waals surface area contributed by atoms with Crippen LogP contribution < -0.4 is 0 Å². The Balaban J connectivity index is 2.09. The summed E-state index contributed by atoms with van der Waals surface area (Å²) in [5.74, 6) is 1.57. The van der Waals surface area contributed by atoms with Gasteiger partial charge in [-0.25, -0.2) is 4.79 Å². The van der Waals surface area contributed by atoms with Gasteiger partial charge in [-0.2, -0.15) is 0 Å². The van der Waals surface area contributed by atoms with E-state index >= 15 is 0 Å². The van der Waals surface area contributed by atoms with E-state index in [1.807, 2.05) is 36.4 Å². The molecule has 0 aliphatic rings. The third-order valence-corrected chi connectivity index (χ3v) is 3.42. The third-order valence-electron chi connectivity index (χ3n) is 2.89. The Hall–Kier alpha value is -1.75. The van der Waals surface area contributed by atoms with Crippen LogP contribution in [-0.4, -0.2) is 37.0 Å². The first-order chi connectivity index (χ1) is 9.47. The van der Waals surface area contributed by atoms with E-state index in [0.29, 0.717) is 6.54 Å². The lowest BCUT2D eigenvalue weighted by atomic mass is 10.2. The van der Waals surface area contributed by atoms with Crippen molar-refractivity contribution >= 4 is 22.0 Å². The van der Waals surface area contributed by atoms with Crippen LogP contribution in [0.15, 0.2) is 45.3 Å². The fraction of sp³-hybridized carbons (Fsp3) is 0.267. The molecule has 0 atom stereocenters. The van der Waals surface area contributed by atoms with Gasteiger partial charge in [-0.3, -0.25) is 0 Å². The van der Waals surface area contributed by atoms with Crippen molar-refractivity contribution in [2.45, 2.75) is 6.54 Å². The van der Waals surface area contributed by atoms with Gasteiger partial charge in [-0.1, -0.05) is 28.1 Å². The summed E-state index contributed by atoms with van der Waals surface area (Å²) in [4.78, 5) is 14.9. The minimum atomic E-state index is -0.0495. The normalized spacial score (nSPS) is 10.4. The van der Waals surface area contributed by atoms with Gasteiger partial charge in [-0.05, 0) is 24.3 Å². The average Bonchev–Trinajstić information content (AvgIpc) is 2.87. The Morgan fingerprint density at radius 3 is 2.35 bits per heavy atom. The van der Waals surface area contributed by atoms with Gasteiger partial charge < -0.3 is 14.2 Å². The van der Waals surface area contributed by atoms with Crippen molar-refractivity contribution in [3.63, 3.8) is 0 Å². The van der Waals surface area contributed by atoms with Crippen molar-refractivity contribution in [3.05, 3.63) is 46.6 Å². The Morgan fingerprint density at radius 1 is 1.10 bits per heavy atom. The summed E-state index contributed by atoms with van der Waals surface area (Å²) in [6.45, 7) is 0.452. The molecule has 0 aliphatic heterocycles. The van der Waals surface area contributed by atoms with Gasteiger partial charge in [0, 0.05) is 31.2 Å². The molecule has 2 aromatic rings. The molecular formula is C15H17BrN2O2. The van der Waals surface area contributed by atoms with Crippen LogP contribution in [0.1, 0.15) is 5.76 Å². The fourth-order valence-corrected chi connectivity index (χ4v) is 2.14. The van der Waals surface area contributed by atoms with Crippen molar-refractivity contribution in [3.8, 4) is 11.3 Å². The van der Waals surface area contributed by atoms with E-state index in [4.69, 9.17) is 4.42 Å². The van der Waals surface area contributed by atoms with Crippen molar-refractivity contribution in [1.82, 2.24) is 9.80 Å². The zero-order valence-corrected chi connectivity index (χ0v) is 13.3. The maximum atomic E-state index is 11.8. The SMILES string of the molecule is CN(C)C(=O)N(C)Cc1ccc(-c2ccc(Br)cc2)o1. The van der Waals surface area contributed by atoms with Crippen molar-refractivity contribution in [2.24, 2.45) is 0 Å². The van der Waals surface area contributed by atoms with E-state index in [0.717, 1.165) is 21.6 Å². The Bertz CT molecular complexity index is 590. The predicted molar refractivity (Wildman–Crippen MR) is 82.4 cm³/mol. The first-order valence-electron chi connectivity index (χ1n) is 6.24. The van der Waals surface area contributed by atoms with Gasteiger partial charge in [0.2, 0.25) is 0 Å². The van der Waals surface area contributed by atoms with Gasteiger partial charge in [-0.15, -0.1) is 0 Å². The fourth-order valence-electron chi connectivity index (χ4n) is 1.88. The number of carbonyl (C=O) groups excluding carboxylic acids is 1. The van der Waals surface area contributed by atoms with Crippen LogP contribution in [0.2, 0.25) is 0 Å². The van der Waals surface area contributed by atoms with Crippen LogP contribution in [0.25, 0.3) is 11.3 Å². The molecule has 0 radical (unpaired) electrons. The van der Waals surface area contributed by atoms with E-state index in [9.17, 15) is 4.79 Å². The molecular weight excluding hydrogens is 320 g/mol. The Kier molecular flexibility index (Phi) is 4.49.